The van der Waals surface area contributed by atoms with Gasteiger partial charge in [0.1, 0.15) is 5.82 Å². The molecule has 0 aliphatic carbocycles. The van der Waals surface area contributed by atoms with Gasteiger partial charge in [0.2, 0.25) is 5.91 Å². The van der Waals surface area contributed by atoms with Crippen LogP contribution in [0, 0.1) is 0 Å². The summed E-state index contributed by atoms with van der Waals surface area (Å²) in [6.07, 6.45) is 1.12. The van der Waals surface area contributed by atoms with E-state index in [0.29, 0.717) is 19.6 Å². The van der Waals surface area contributed by atoms with Crippen molar-refractivity contribution in [3.63, 3.8) is 0 Å². The van der Waals surface area contributed by atoms with E-state index in [1.54, 1.807) is 9.13 Å². The number of aryl methyl sites for hydroxylation is 3. The second-order valence-corrected chi connectivity index (χ2v) is 7.36. The van der Waals surface area contributed by atoms with Crippen LogP contribution in [0.15, 0.2) is 53.3 Å². The molecular formula is C23H27N5O2. The van der Waals surface area contributed by atoms with Gasteiger partial charge in [-0.2, -0.15) is 0 Å². The second-order valence-electron chi connectivity index (χ2n) is 7.36. The highest BCUT2D eigenvalue weighted by Crippen LogP contribution is 2.16. The quantitative estimate of drug-likeness (QED) is 0.489. The Morgan fingerprint density at radius 2 is 1.53 bits per heavy atom. The molecule has 4 aromatic rings. The summed E-state index contributed by atoms with van der Waals surface area (Å²) in [5.74, 6) is 0.743. The third-order valence-electron chi connectivity index (χ3n) is 5.43. The van der Waals surface area contributed by atoms with Crippen molar-refractivity contribution in [2.45, 2.75) is 52.9 Å². The molecule has 0 aliphatic rings. The van der Waals surface area contributed by atoms with Crippen molar-refractivity contribution in [3.8, 4) is 0 Å². The summed E-state index contributed by atoms with van der Waals surface area (Å²) in [4.78, 5) is 30.0. The van der Waals surface area contributed by atoms with E-state index >= 15 is 0 Å². The van der Waals surface area contributed by atoms with Gasteiger partial charge in [-0.15, -0.1) is 0 Å². The molecule has 4 rings (SSSR count). The highest BCUT2D eigenvalue weighted by atomic mass is 16.2. The minimum atomic E-state index is -0.0936. The Morgan fingerprint density at radius 3 is 2.20 bits per heavy atom. The number of benzene rings is 2. The summed E-state index contributed by atoms with van der Waals surface area (Å²) in [5, 5.41) is 2.96. The number of nitrogens with zero attached hydrogens (tertiary/aromatic N) is 4. The minimum absolute atomic E-state index is 0.0568. The van der Waals surface area contributed by atoms with Crippen LogP contribution in [0.2, 0.25) is 0 Å². The van der Waals surface area contributed by atoms with Crippen LogP contribution in [-0.2, 0) is 31.0 Å². The maximum Gasteiger partial charge on any atom is 0.329 e. The molecule has 30 heavy (non-hydrogen) atoms. The molecule has 0 saturated carbocycles. The van der Waals surface area contributed by atoms with Crippen LogP contribution in [0.3, 0.4) is 0 Å². The number of nitrogens with one attached hydrogen (secondary N) is 1. The SMILES string of the molecule is CCCn1c(=O)n(CCC(=O)NCc2nc3ccccc3n2CC)c2ccccc21. The molecule has 0 unspecified atom stereocenters. The van der Waals surface area contributed by atoms with Crippen LogP contribution >= 0.6 is 0 Å². The molecular weight excluding hydrogens is 378 g/mol. The van der Waals surface area contributed by atoms with Crippen molar-refractivity contribution in [2.75, 3.05) is 0 Å². The Hall–Kier alpha value is -3.35. The largest absolute Gasteiger partial charge is 0.349 e. The third-order valence-corrected chi connectivity index (χ3v) is 5.43. The Kier molecular flexibility index (Phi) is 5.70. The Bertz CT molecular complexity index is 1250. The molecule has 0 saturated heterocycles. The lowest BCUT2D eigenvalue weighted by Gasteiger charge is -2.08. The highest BCUT2D eigenvalue weighted by molar-refractivity contribution is 5.78. The summed E-state index contributed by atoms with van der Waals surface area (Å²) in [5.41, 5.74) is 3.73. The zero-order valence-corrected chi connectivity index (χ0v) is 17.5. The highest BCUT2D eigenvalue weighted by Gasteiger charge is 2.14. The first-order valence-electron chi connectivity index (χ1n) is 10.5. The lowest BCUT2D eigenvalue weighted by molar-refractivity contribution is -0.121. The lowest BCUT2D eigenvalue weighted by Crippen LogP contribution is -2.29. The summed E-state index contributed by atoms with van der Waals surface area (Å²) in [6, 6.07) is 15.7. The molecule has 0 bridgehead atoms. The van der Waals surface area contributed by atoms with E-state index < -0.39 is 0 Å². The van der Waals surface area contributed by atoms with Crippen LogP contribution in [-0.4, -0.2) is 24.6 Å². The van der Waals surface area contributed by atoms with Crippen molar-refractivity contribution in [2.24, 2.45) is 0 Å². The van der Waals surface area contributed by atoms with Crippen LogP contribution < -0.4 is 11.0 Å². The molecule has 156 valence electrons. The molecule has 0 radical (unpaired) electrons. The first-order valence-corrected chi connectivity index (χ1v) is 10.5. The van der Waals surface area contributed by atoms with Gasteiger partial charge >= 0.3 is 5.69 Å². The van der Waals surface area contributed by atoms with E-state index in [9.17, 15) is 9.59 Å². The van der Waals surface area contributed by atoms with Crippen LogP contribution in [0.5, 0.6) is 0 Å². The smallest absolute Gasteiger partial charge is 0.329 e. The van der Waals surface area contributed by atoms with Gasteiger partial charge in [-0.3, -0.25) is 13.9 Å². The molecule has 0 atom stereocenters. The van der Waals surface area contributed by atoms with Crippen molar-refractivity contribution in [3.05, 3.63) is 64.8 Å². The van der Waals surface area contributed by atoms with Gasteiger partial charge < -0.3 is 9.88 Å². The maximum absolute atomic E-state index is 12.8. The van der Waals surface area contributed by atoms with Gasteiger partial charge in [0, 0.05) is 26.1 Å². The lowest BCUT2D eigenvalue weighted by atomic mass is 10.3. The molecule has 7 heteroatoms. The fraction of sp³-hybridized carbons (Fsp3) is 0.348. The number of carbonyl (C=O) groups excluding carboxylic acids is 1. The second kappa shape index (κ2) is 8.57. The Morgan fingerprint density at radius 1 is 0.900 bits per heavy atom. The average molecular weight is 406 g/mol. The monoisotopic (exact) mass is 405 g/mol. The number of amides is 1. The topological polar surface area (TPSA) is 73.8 Å². The maximum atomic E-state index is 12.8. The molecule has 2 aromatic carbocycles. The van der Waals surface area contributed by atoms with E-state index in [1.807, 2.05) is 48.5 Å². The average Bonchev–Trinajstić information content (AvgIpc) is 3.26. The number of rotatable bonds is 8. The molecule has 0 spiro atoms. The van der Waals surface area contributed by atoms with Gasteiger partial charge in [-0.25, -0.2) is 9.78 Å². The Labute approximate surface area is 174 Å². The molecule has 2 heterocycles. The zero-order valence-electron chi connectivity index (χ0n) is 17.5. The molecule has 0 fully saturated rings. The molecule has 0 aliphatic heterocycles. The van der Waals surface area contributed by atoms with Crippen molar-refractivity contribution in [1.82, 2.24) is 24.0 Å². The van der Waals surface area contributed by atoms with Crippen LogP contribution in [0.1, 0.15) is 32.5 Å². The number of hydrogen-bond donors (Lipinski definition) is 1. The molecule has 1 N–H and O–H groups in total. The van der Waals surface area contributed by atoms with Gasteiger partial charge in [-0.1, -0.05) is 31.2 Å². The number of imidazole rings is 2. The summed E-state index contributed by atoms with van der Waals surface area (Å²) < 4.78 is 5.60. The van der Waals surface area contributed by atoms with Crippen LogP contribution in [0.25, 0.3) is 22.1 Å². The number of aromatic nitrogens is 4. The van der Waals surface area contributed by atoms with Crippen molar-refractivity contribution in [1.29, 1.82) is 0 Å². The van der Waals surface area contributed by atoms with Gasteiger partial charge in [0.15, 0.2) is 0 Å². The molecule has 2 aromatic heterocycles. The number of fused-ring (bicyclic) bond motifs is 2. The predicted molar refractivity (Wildman–Crippen MR) is 118 cm³/mol. The number of carbonyl (C=O) groups is 1. The fourth-order valence-electron chi connectivity index (χ4n) is 4.02. The normalized spacial score (nSPS) is 11.4. The Balaban J connectivity index is 1.46. The van der Waals surface area contributed by atoms with Gasteiger partial charge in [-0.05, 0) is 37.6 Å². The van der Waals surface area contributed by atoms with Crippen LogP contribution in [0.4, 0.5) is 0 Å². The number of para-hydroxylation sites is 4. The summed E-state index contributed by atoms with van der Waals surface area (Å²) >= 11 is 0. The van der Waals surface area contributed by atoms with Gasteiger partial charge in [0.25, 0.3) is 0 Å². The minimum Gasteiger partial charge on any atom is -0.349 e. The first-order chi connectivity index (χ1) is 14.6. The van der Waals surface area contributed by atoms with E-state index in [4.69, 9.17) is 0 Å². The summed E-state index contributed by atoms with van der Waals surface area (Å²) in [7, 11) is 0. The molecule has 7 nitrogen and oxygen atoms in total. The van der Waals surface area contributed by atoms with Crippen molar-refractivity contribution < 1.29 is 4.79 Å². The zero-order chi connectivity index (χ0) is 21.1. The third kappa shape index (κ3) is 3.63. The predicted octanol–water partition coefficient (Wildman–Crippen LogP) is 3.29. The first kappa shape index (κ1) is 19.9. The standard InChI is InChI=1S/C23H27N5O2/c1-3-14-27-19-11-7-8-12-20(19)28(23(27)30)15-13-22(29)24-16-21-25-17-9-5-6-10-18(17)26(21)4-2/h5-12H,3-4,13-16H2,1-2H3,(H,24,29). The van der Waals surface area contributed by atoms with Gasteiger partial charge in [0.05, 0.1) is 28.6 Å². The van der Waals surface area contributed by atoms with E-state index in [1.165, 1.54) is 0 Å². The van der Waals surface area contributed by atoms with E-state index in [-0.39, 0.29) is 18.0 Å². The van der Waals surface area contributed by atoms with E-state index in [2.05, 4.69) is 28.7 Å². The van der Waals surface area contributed by atoms with E-state index in [0.717, 1.165) is 40.9 Å². The number of hydrogen-bond acceptors (Lipinski definition) is 3. The summed E-state index contributed by atoms with van der Waals surface area (Å²) in [6.45, 7) is 6.30. The van der Waals surface area contributed by atoms with Crippen molar-refractivity contribution >= 4 is 28.0 Å². The molecule has 1 amide bonds. The fourth-order valence-corrected chi connectivity index (χ4v) is 4.02.